The Bertz CT molecular complexity index is 891. The van der Waals surface area contributed by atoms with Crippen LogP contribution in [0.25, 0.3) is 0 Å². The van der Waals surface area contributed by atoms with Crippen LogP contribution in [-0.2, 0) is 14.6 Å². The number of nitrogens with zero attached hydrogens (tertiary/aromatic N) is 3. The molecule has 0 atom stereocenters. The van der Waals surface area contributed by atoms with E-state index in [4.69, 9.17) is 0 Å². The lowest BCUT2D eigenvalue weighted by atomic mass is 9.94. The van der Waals surface area contributed by atoms with Crippen LogP contribution in [0.15, 0.2) is 23.1 Å². The van der Waals surface area contributed by atoms with Gasteiger partial charge in [-0.2, -0.15) is 0 Å². The van der Waals surface area contributed by atoms with Gasteiger partial charge in [-0.25, -0.2) is 8.42 Å². The van der Waals surface area contributed by atoms with E-state index in [1.165, 1.54) is 11.0 Å². The van der Waals surface area contributed by atoms with Crippen LogP contribution < -0.4 is 0 Å². The third kappa shape index (κ3) is 5.75. The minimum absolute atomic E-state index is 0.0375. The van der Waals surface area contributed by atoms with Crippen molar-refractivity contribution in [2.45, 2.75) is 37.5 Å². The molecule has 9 nitrogen and oxygen atoms in total. The van der Waals surface area contributed by atoms with Gasteiger partial charge in [-0.05, 0) is 25.3 Å². The number of carbonyl (C=O) groups is 2. The molecule has 1 fully saturated rings. The van der Waals surface area contributed by atoms with Gasteiger partial charge in [-0.15, -0.1) is 0 Å². The van der Waals surface area contributed by atoms with Crippen LogP contribution in [-0.4, -0.2) is 67.9 Å². The van der Waals surface area contributed by atoms with Gasteiger partial charge >= 0.3 is 0 Å². The largest absolute Gasteiger partial charge is 0.346 e. The fourth-order valence-corrected chi connectivity index (χ4v) is 4.03. The average Bonchev–Trinajstić information content (AvgIpc) is 2.69. The van der Waals surface area contributed by atoms with Crippen molar-refractivity contribution in [2.75, 3.05) is 32.9 Å². The van der Waals surface area contributed by atoms with E-state index in [2.05, 4.69) is 6.92 Å². The third-order valence-corrected chi connectivity index (χ3v) is 6.22. The summed E-state index contributed by atoms with van der Waals surface area (Å²) in [5, 5.41) is 11.1. The molecule has 0 spiro atoms. The second kappa shape index (κ2) is 9.34. The SMILES string of the molecule is CCCCN(C)C(=O)C1CCN(C(=O)c2cc([N+](=O)[O-])cc(S(C)(=O)=O)c2)CC1. The summed E-state index contributed by atoms with van der Waals surface area (Å²) in [7, 11) is -1.93. The van der Waals surface area contributed by atoms with Crippen LogP contribution in [0.3, 0.4) is 0 Å². The summed E-state index contributed by atoms with van der Waals surface area (Å²) in [6.45, 7) is 3.45. The predicted octanol–water partition coefficient (Wildman–Crippen LogP) is 2.11. The summed E-state index contributed by atoms with van der Waals surface area (Å²) >= 11 is 0. The van der Waals surface area contributed by atoms with Crippen LogP contribution in [0.1, 0.15) is 43.0 Å². The molecule has 1 aliphatic heterocycles. The van der Waals surface area contributed by atoms with Crippen molar-refractivity contribution in [2.24, 2.45) is 5.92 Å². The molecule has 29 heavy (non-hydrogen) atoms. The van der Waals surface area contributed by atoms with E-state index in [1.54, 1.807) is 11.9 Å². The second-order valence-electron chi connectivity index (χ2n) is 7.42. The summed E-state index contributed by atoms with van der Waals surface area (Å²) in [5.74, 6) is -0.554. The summed E-state index contributed by atoms with van der Waals surface area (Å²) < 4.78 is 23.7. The van der Waals surface area contributed by atoms with E-state index < -0.39 is 26.4 Å². The first-order chi connectivity index (χ1) is 13.5. The van der Waals surface area contributed by atoms with Gasteiger partial charge in [0.2, 0.25) is 5.91 Å². The van der Waals surface area contributed by atoms with Crippen molar-refractivity contribution in [3.8, 4) is 0 Å². The monoisotopic (exact) mass is 425 g/mol. The molecule has 0 aromatic heterocycles. The lowest BCUT2D eigenvalue weighted by molar-refractivity contribution is -0.385. The number of nitro benzene ring substituents is 1. The standard InChI is InChI=1S/C19H27N3O6S/c1-4-5-8-20(2)18(23)14-6-9-21(10-7-14)19(24)15-11-16(22(25)26)13-17(12-15)29(3,27)28/h11-14H,4-10H2,1-3H3. The van der Waals surface area contributed by atoms with E-state index >= 15 is 0 Å². The average molecular weight is 426 g/mol. The first-order valence-corrected chi connectivity index (χ1v) is 11.5. The van der Waals surface area contributed by atoms with Crippen LogP contribution in [0.2, 0.25) is 0 Å². The highest BCUT2D eigenvalue weighted by Crippen LogP contribution is 2.25. The molecule has 0 unspecified atom stereocenters. The number of non-ortho nitro benzene ring substituents is 1. The van der Waals surface area contributed by atoms with Crippen molar-refractivity contribution < 1.29 is 22.9 Å². The first-order valence-electron chi connectivity index (χ1n) is 9.58. The molecule has 1 saturated heterocycles. The topological polar surface area (TPSA) is 118 Å². The van der Waals surface area contributed by atoms with Crippen molar-refractivity contribution >= 4 is 27.3 Å². The molecule has 0 bridgehead atoms. The van der Waals surface area contributed by atoms with Crippen LogP contribution >= 0.6 is 0 Å². The summed E-state index contributed by atoms with van der Waals surface area (Å²) in [4.78, 5) is 38.7. The summed E-state index contributed by atoms with van der Waals surface area (Å²) in [6, 6.07) is 3.20. The van der Waals surface area contributed by atoms with Gasteiger partial charge in [0.1, 0.15) is 0 Å². The Hall–Kier alpha value is -2.49. The molecular weight excluding hydrogens is 398 g/mol. The van der Waals surface area contributed by atoms with Crippen LogP contribution in [0, 0.1) is 16.0 Å². The Kier molecular flexibility index (Phi) is 7.34. The zero-order valence-electron chi connectivity index (χ0n) is 17.0. The van der Waals surface area contributed by atoms with Gasteiger partial charge in [0.25, 0.3) is 11.6 Å². The molecule has 1 aromatic rings. The minimum atomic E-state index is -3.71. The van der Waals surface area contributed by atoms with Gasteiger partial charge in [-0.1, -0.05) is 13.3 Å². The number of piperidine rings is 1. The van der Waals surface area contributed by atoms with Gasteiger partial charge in [0.05, 0.1) is 9.82 Å². The number of unbranched alkanes of at least 4 members (excludes halogenated alkanes) is 1. The lowest BCUT2D eigenvalue weighted by Gasteiger charge is -2.33. The molecule has 2 amide bonds. The zero-order chi connectivity index (χ0) is 21.8. The van der Waals surface area contributed by atoms with Gasteiger partial charge in [0, 0.05) is 56.6 Å². The minimum Gasteiger partial charge on any atom is -0.346 e. The normalized spacial score (nSPS) is 15.2. The van der Waals surface area contributed by atoms with E-state index in [0.29, 0.717) is 32.5 Å². The van der Waals surface area contributed by atoms with Crippen molar-refractivity contribution in [3.63, 3.8) is 0 Å². The van der Waals surface area contributed by atoms with Crippen molar-refractivity contribution in [1.29, 1.82) is 0 Å². The fourth-order valence-electron chi connectivity index (χ4n) is 3.36. The molecule has 2 rings (SSSR count). The Morgan fingerprint density at radius 2 is 1.86 bits per heavy atom. The Morgan fingerprint density at radius 3 is 2.38 bits per heavy atom. The highest BCUT2D eigenvalue weighted by Gasteiger charge is 2.30. The molecule has 1 aliphatic rings. The van der Waals surface area contributed by atoms with Gasteiger partial charge in [0.15, 0.2) is 9.84 Å². The summed E-state index contributed by atoms with van der Waals surface area (Å²) in [6.07, 6.45) is 3.90. The van der Waals surface area contributed by atoms with E-state index in [1.807, 2.05) is 0 Å². The first kappa shape index (κ1) is 22.8. The van der Waals surface area contributed by atoms with Gasteiger partial charge in [-0.3, -0.25) is 19.7 Å². The highest BCUT2D eigenvalue weighted by atomic mass is 32.2. The fraction of sp³-hybridized carbons (Fsp3) is 0.579. The molecule has 160 valence electrons. The predicted molar refractivity (Wildman–Crippen MR) is 107 cm³/mol. The smallest absolute Gasteiger partial charge is 0.271 e. The molecule has 10 heteroatoms. The molecule has 0 aliphatic carbocycles. The molecule has 0 saturated carbocycles. The number of carbonyl (C=O) groups excluding carboxylic acids is 2. The number of nitro groups is 1. The van der Waals surface area contributed by atoms with Crippen molar-refractivity contribution in [3.05, 3.63) is 33.9 Å². The van der Waals surface area contributed by atoms with Gasteiger partial charge < -0.3 is 9.80 Å². The quantitative estimate of drug-likeness (QED) is 0.488. The van der Waals surface area contributed by atoms with Crippen molar-refractivity contribution in [1.82, 2.24) is 9.80 Å². The maximum atomic E-state index is 12.8. The highest BCUT2D eigenvalue weighted by molar-refractivity contribution is 7.90. The van der Waals surface area contributed by atoms with E-state index in [9.17, 15) is 28.1 Å². The number of sulfone groups is 1. The zero-order valence-corrected chi connectivity index (χ0v) is 17.8. The molecule has 0 N–H and O–H groups in total. The number of hydrogen-bond acceptors (Lipinski definition) is 6. The Balaban J connectivity index is 2.12. The number of rotatable bonds is 7. The Labute approximate surface area is 170 Å². The third-order valence-electron chi connectivity index (χ3n) is 5.13. The van der Waals surface area contributed by atoms with E-state index in [0.717, 1.165) is 31.2 Å². The number of likely N-dealkylation sites (tertiary alicyclic amines) is 1. The van der Waals surface area contributed by atoms with Crippen LogP contribution in [0.4, 0.5) is 5.69 Å². The number of amides is 2. The van der Waals surface area contributed by atoms with Crippen LogP contribution in [0.5, 0.6) is 0 Å². The maximum Gasteiger partial charge on any atom is 0.271 e. The molecular formula is C19H27N3O6S. The second-order valence-corrected chi connectivity index (χ2v) is 9.44. The van der Waals surface area contributed by atoms with E-state index in [-0.39, 0.29) is 22.3 Å². The lowest BCUT2D eigenvalue weighted by Crippen LogP contribution is -2.43. The maximum absolute atomic E-state index is 12.8. The molecule has 1 aromatic carbocycles. The number of hydrogen-bond donors (Lipinski definition) is 0. The Morgan fingerprint density at radius 1 is 1.24 bits per heavy atom. The summed E-state index contributed by atoms with van der Waals surface area (Å²) in [5.41, 5.74) is -0.483. The molecule has 1 heterocycles. The molecule has 0 radical (unpaired) electrons. The number of benzene rings is 1.